The third kappa shape index (κ3) is 4.01. The molecule has 0 aromatic heterocycles. The van der Waals surface area contributed by atoms with E-state index in [1.54, 1.807) is 0 Å². The fraction of sp³-hybridized carbons (Fsp3) is 0.688. The molecule has 3 unspecified atom stereocenters. The van der Waals surface area contributed by atoms with Gasteiger partial charge in [0.2, 0.25) is 0 Å². The summed E-state index contributed by atoms with van der Waals surface area (Å²) in [7, 11) is 0. The first-order valence-corrected chi connectivity index (χ1v) is 7.05. The molecule has 1 N–H and O–H groups in total. The van der Waals surface area contributed by atoms with E-state index in [4.69, 9.17) is 0 Å². The average Bonchev–Trinajstić information content (AvgIpc) is 2.71. The van der Waals surface area contributed by atoms with Crippen molar-refractivity contribution in [2.45, 2.75) is 53.4 Å². The smallest absolute Gasteiger partial charge is 0.307 e. The van der Waals surface area contributed by atoms with Crippen LogP contribution in [-0.4, -0.2) is 11.1 Å². The van der Waals surface area contributed by atoms with E-state index in [-0.39, 0.29) is 11.8 Å². The standard InChI is InChI=1S/C16H26O2/c1-5-11(3)7-13-9-14(8-12(4)6-2)15(10-13)16(17)18/h7-8,13-15H,5-6,9-10H2,1-4H3,(H,17,18)/b11-7-,12-8-. The van der Waals surface area contributed by atoms with Crippen molar-refractivity contribution in [3.8, 4) is 0 Å². The first-order valence-electron chi connectivity index (χ1n) is 7.05. The molecule has 2 nitrogen and oxygen atoms in total. The van der Waals surface area contributed by atoms with Crippen molar-refractivity contribution in [3.63, 3.8) is 0 Å². The van der Waals surface area contributed by atoms with E-state index in [0.717, 1.165) is 25.7 Å². The van der Waals surface area contributed by atoms with Crippen LogP contribution in [0.1, 0.15) is 53.4 Å². The molecule has 2 heteroatoms. The zero-order valence-corrected chi connectivity index (χ0v) is 12.1. The maximum Gasteiger partial charge on any atom is 0.307 e. The molecule has 0 amide bonds. The van der Waals surface area contributed by atoms with Crippen LogP contribution in [0.15, 0.2) is 23.3 Å². The van der Waals surface area contributed by atoms with E-state index in [9.17, 15) is 9.90 Å². The highest BCUT2D eigenvalue weighted by Crippen LogP contribution is 2.39. The molecule has 1 saturated carbocycles. The van der Waals surface area contributed by atoms with Gasteiger partial charge >= 0.3 is 5.97 Å². The molecule has 0 aliphatic heterocycles. The van der Waals surface area contributed by atoms with Crippen molar-refractivity contribution in [1.29, 1.82) is 0 Å². The highest BCUT2D eigenvalue weighted by atomic mass is 16.4. The van der Waals surface area contributed by atoms with E-state index in [2.05, 4.69) is 39.8 Å². The van der Waals surface area contributed by atoms with Gasteiger partial charge < -0.3 is 5.11 Å². The minimum absolute atomic E-state index is 0.197. The number of carboxylic acid groups (broad SMARTS) is 1. The van der Waals surface area contributed by atoms with Gasteiger partial charge in [0.25, 0.3) is 0 Å². The SMILES string of the molecule is CC/C(C)=C\C1CC(/C=C(/C)CC)C(C(=O)O)C1. The van der Waals surface area contributed by atoms with E-state index in [0.29, 0.717) is 5.92 Å². The molecule has 102 valence electrons. The largest absolute Gasteiger partial charge is 0.481 e. The van der Waals surface area contributed by atoms with E-state index in [1.807, 2.05) is 0 Å². The van der Waals surface area contributed by atoms with Crippen LogP contribution < -0.4 is 0 Å². The van der Waals surface area contributed by atoms with Crippen LogP contribution >= 0.6 is 0 Å². The van der Waals surface area contributed by atoms with Gasteiger partial charge in [-0.3, -0.25) is 4.79 Å². The maximum atomic E-state index is 11.3. The molecular formula is C16H26O2. The molecule has 0 radical (unpaired) electrons. The Labute approximate surface area is 111 Å². The summed E-state index contributed by atoms with van der Waals surface area (Å²) < 4.78 is 0. The van der Waals surface area contributed by atoms with Gasteiger partial charge in [-0.1, -0.05) is 37.1 Å². The van der Waals surface area contributed by atoms with Crippen molar-refractivity contribution in [2.75, 3.05) is 0 Å². The predicted molar refractivity (Wildman–Crippen MR) is 75.4 cm³/mol. The summed E-state index contributed by atoms with van der Waals surface area (Å²) in [5.41, 5.74) is 2.68. The molecule has 0 saturated heterocycles. The Morgan fingerprint density at radius 1 is 1.11 bits per heavy atom. The zero-order chi connectivity index (χ0) is 13.7. The van der Waals surface area contributed by atoms with Gasteiger partial charge in [-0.2, -0.15) is 0 Å². The number of rotatable bonds is 5. The van der Waals surface area contributed by atoms with E-state index < -0.39 is 5.97 Å². The molecule has 1 aliphatic carbocycles. The number of carboxylic acids is 1. The van der Waals surface area contributed by atoms with Gasteiger partial charge in [0.15, 0.2) is 0 Å². The Kier molecular flexibility index (Phi) is 5.64. The summed E-state index contributed by atoms with van der Waals surface area (Å²) in [6.07, 6.45) is 8.33. The highest BCUT2D eigenvalue weighted by Gasteiger charge is 2.36. The zero-order valence-electron chi connectivity index (χ0n) is 12.1. The average molecular weight is 250 g/mol. The molecule has 1 aliphatic rings. The summed E-state index contributed by atoms with van der Waals surface area (Å²) in [5, 5.41) is 9.33. The lowest BCUT2D eigenvalue weighted by atomic mass is 9.94. The van der Waals surface area contributed by atoms with Crippen LogP contribution in [0.25, 0.3) is 0 Å². The third-order valence-corrected chi connectivity index (χ3v) is 4.10. The number of carbonyl (C=O) groups is 1. The van der Waals surface area contributed by atoms with Crippen LogP contribution in [0.3, 0.4) is 0 Å². The first-order chi connectivity index (χ1) is 8.47. The van der Waals surface area contributed by atoms with Gasteiger partial charge in [-0.05, 0) is 51.4 Å². The van der Waals surface area contributed by atoms with Gasteiger partial charge in [-0.15, -0.1) is 0 Å². The summed E-state index contributed by atoms with van der Waals surface area (Å²) >= 11 is 0. The number of allylic oxidation sites excluding steroid dienone is 4. The Bertz CT molecular complexity index is 352. The van der Waals surface area contributed by atoms with Crippen LogP contribution in [0.2, 0.25) is 0 Å². The highest BCUT2D eigenvalue weighted by molar-refractivity contribution is 5.71. The lowest BCUT2D eigenvalue weighted by molar-refractivity contribution is -0.142. The lowest BCUT2D eigenvalue weighted by Crippen LogP contribution is -2.16. The summed E-state index contributed by atoms with van der Waals surface area (Å²) in [4.78, 5) is 11.3. The van der Waals surface area contributed by atoms with Crippen molar-refractivity contribution < 1.29 is 9.90 Å². The fourth-order valence-electron chi connectivity index (χ4n) is 2.72. The van der Waals surface area contributed by atoms with Gasteiger partial charge in [0.1, 0.15) is 0 Å². The summed E-state index contributed by atoms with van der Waals surface area (Å²) in [6, 6.07) is 0. The third-order valence-electron chi connectivity index (χ3n) is 4.10. The Hall–Kier alpha value is -1.05. The molecule has 0 aromatic carbocycles. The van der Waals surface area contributed by atoms with Crippen LogP contribution in [-0.2, 0) is 4.79 Å². The van der Waals surface area contributed by atoms with Crippen molar-refractivity contribution in [2.24, 2.45) is 17.8 Å². The van der Waals surface area contributed by atoms with Gasteiger partial charge in [0, 0.05) is 0 Å². The monoisotopic (exact) mass is 250 g/mol. The van der Waals surface area contributed by atoms with Crippen LogP contribution in [0, 0.1) is 17.8 Å². The van der Waals surface area contributed by atoms with E-state index >= 15 is 0 Å². The van der Waals surface area contributed by atoms with E-state index in [1.165, 1.54) is 11.1 Å². The van der Waals surface area contributed by atoms with Crippen molar-refractivity contribution in [1.82, 2.24) is 0 Å². The normalized spacial score (nSPS) is 29.7. The second kappa shape index (κ2) is 6.77. The Morgan fingerprint density at radius 3 is 2.17 bits per heavy atom. The summed E-state index contributed by atoms with van der Waals surface area (Å²) in [5.74, 6) is -0.173. The number of hydrogen-bond donors (Lipinski definition) is 1. The van der Waals surface area contributed by atoms with Gasteiger partial charge in [0.05, 0.1) is 5.92 Å². The molecule has 1 rings (SSSR count). The summed E-state index contributed by atoms with van der Waals surface area (Å²) in [6.45, 7) is 8.50. The molecule has 18 heavy (non-hydrogen) atoms. The van der Waals surface area contributed by atoms with Crippen molar-refractivity contribution in [3.05, 3.63) is 23.3 Å². The second-order valence-electron chi connectivity index (χ2n) is 5.57. The molecule has 3 atom stereocenters. The van der Waals surface area contributed by atoms with Gasteiger partial charge in [-0.25, -0.2) is 0 Å². The maximum absolute atomic E-state index is 11.3. The molecule has 0 spiro atoms. The second-order valence-corrected chi connectivity index (χ2v) is 5.57. The quantitative estimate of drug-likeness (QED) is 0.733. The molecule has 0 heterocycles. The predicted octanol–water partition coefficient (Wildman–Crippen LogP) is 4.43. The Balaban J connectivity index is 2.81. The molecular weight excluding hydrogens is 224 g/mol. The first kappa shape index (κ1) is 15.0. The van der Waals surface area contributed by atoms with Crippen LogP contribution in [0.5, 0.6) is 0 Å². The fourth-order valence-corrected chi connectivity index (χ4v) is 2.72. The van der Waals surface area contributed by atoms with Crippen LogP contribution in [0.4, 0.5) is 0 Å². The minimum Gasteiger partial charge on any atom is -0.481 e. The Morgan fingerprint density at radius 2 is 1.67 bits per heavy atom. The lowest BCUT2D eigenvalue weighted by Gasteiger charge is -2.11. The van der Waals surface area contributed by atoms with Crippen molar-refractivity contribution >= 4 is 5.97 Å². The topological polar surface area (TPSA) is 37.3 Å². The molecule has 1 fully saturated rings. The minimum atomic E-state index is -0.634. The molecule has 0 aromatic rings. The number of hydrogen-bond acceptors (Lipinski definition) is 1. The molecule has 0 bridgehead atoms. The number of aliphatic carboxylic acids is 1.